The molecule has 1 aliphatic rings. The highest BCUT2D eigenvalue weighted by Gasteiger charge is 2.30. The number of hydrogen-bond acceptors (Lipinski definition) is 3. The number of carbonyl (C=O) groups is 2. The fourth-order valence-electron chi connectivity index (χ4n) is 2.18. The summed E-state index contributed by atoms with van der Waals surface area (Å²) in [6.45, 7) is 4.28. The van der Waals surface area contributed by atoms with E-state index < -0.39 is 0 Å². The minimum Gasteiger partial charge on any atom is -0.329 e. The van der Waals surface area contributed by atoms with Crippen molar-refractivity contribution in [3.63, 3.8) is 0 Å². The molecule has 1 aliphatic heterocycles. The predicted octanol–water partition coefficient (Wildman–Crippen LogP) is 0.855. The molecule has 1 aromatic rings. The second-order valence-corrected chi connectivity index (χ2v) is 4.63. The van der Waals surface area contributed by atoms with Crippen LogP contribution in [0.4, 0.5) is 4.79 Å². The van der Waals surface area contributed by atoms with Crippen molar-refractivity contribution in [3.8, 4) is 0 Å². The molecule has 1 saturated heterocycles. The number of nitrogens with two attached hydrogens (primary N) is 1. The maximum Gasteiger partial charge on any atom is 0.324 e. The van der Waals surface area contributed by atoms with Gasteiger partial charge in [0.15, 0.2) is 0 Å². The van der Waals surface area contributed by atoms with Crippen LogP contribution in [-0.2, 0) is 4.79 Å². The van der Waals surface area contributed by atoms with Gasteiger partial charge in [-0.25, -0.2) is 4.79 Å². The van der Waals surface area contributed by atoms with Crippen molar-refractivity contribution >= 4 is 11.9 Å². The normalized spacial score (nSPS) is 16.9. The van der Waals surface area contributed by atoms with Gasteiger partial charge in [0.05, 0.1) is 6.54 Å². The van der Waals surface area contributed by atoms with Crippen LogP contribution in [0.15, 0.2) is 18.2 Å². The van der Waals surface area contributed by atoms with E-state index in [1.54, 1.807) is 0 Å². The van der Waals surface area contributed by atoms with E-state index in [1.165, 1.54) is 10.5 Å². The van der Waals surface area contributed by atoms with Gasteiger partial charge in [-0.05, 0) is 25.0 Å². The van der Waals surface area contributed by atoms with Crippen LogP contribution in [0, 0.1) is 13.8 Å². The highest BCUT2D eigenvalue weighted by molar-refractivity contribution is 6.01. The first kappa shape index (κ1) is 12.6. The number of hydrogen-bond donors (Lipinski definition) is 2. The third-order valence-electron chi connectivity index (χ3n) is 3.14. The first-order valence-electron chi connectivity index (χ1n) is 5.90. The number of carbonyl (C=O) groups excluding carboxylic acids is 2. The molecule has 18 heavy (non-hydrogen) atoms. The zero-order chi connectivity index (χ0) is 13.3. The molecule has 0 aliphatic carbocycles. The predicted molar refractivity (Wildman–Crippen MR) is 68.0 cm³/mol. The van der Waals surface area contributed by atoms with Gasteiger partial charge in [0.1, 0.15) is 0 Å². The highest BCUT2D eigenvalue weighted by atomic mass is 16.2. The molecule has 3 amide bonds. The van der Waals surface area contributed by atoms with Crippen LogP contribution in [0.2, 0.25) is 0 Å². The van der Waals surface area contributed by atoms with E-state index >= 15 is 0 Å². The third-order valence-corrected chi connectivity index (χ3v) is 3.14. The average molecular weight is 247 g/mol. The van der Waals surface area contributed by atoms with Crippen LogP contribution in [0.1, 0.15) is 22.7 Å². The topological polar surface area (TPSA) is 75.4 Å². The largest absolute Gasteiger partial charge is 0.329 e. The lowest BCUT2D eigenvalue weighted by Crippen LogP contribution is -2.37. The average Bonchev–Trinajstić information content (AvgIpc) is 2.60. The first-order valence-corrected chi connectivity index (χ1v) is 5.90. The molecule has 1 unspecified atom stereocenters. The van der Waals surface area contributed by atoms with Crippen LogP contribution in [-0.4, -0.2) is 29.9 Å². The lowest BCUT2D eigenvalue weighted by molar-refractivity contribution is -0.125. The number of benzene rings is 1. The molecule has 1 heterocycles. The number of imide groups is 1. The Morgan fingerprint density at radius 3 is 2.67 bits per heavy atom. The summed E-state index contributed by atoms with van der Waals surface area (Å²) in [5, 5.41) is 2.48. The number of rotatable bonds is 3. The van der Waals surface area contributed by atoms with Gasteiger partial charge in [0.25, 0.3) is 0 Å². The summed E-state index contributed by atoms with van der Waals surface area (Å²) in [7, 11) is 0. The van der Waals surface area contributed by atoms with Crippen molar-refractivity contribution < 1.29 is 9.59 Å². The molecule has 0 aromatic heterocycles. The Balaban J connectivity index is 2.14. The zero-order valence-corrected chi connectivity index (χ0v) is 10.6. The molecule has 1 atom stereocenters. The molecule has 0 bridgehead atoms. The molecule has 0 saturated carbocycles. The zero-order valence-electron chi connectivity index (χ0n) is 10.6. The standard InChI is InChI=1S/C13H17N3O2/c1-8-3-4-10(9(2)5-8)11(14)7-16-12(17)6-15-13(16)18/h3-5,11H,6-7,14H2,1-2H3,(H,15,18). The Morgan fingerprint density at radius 1 is 1.39 bits per heavy atom. The first-order chi connectivity index (χ1) is 8.49. The molecule has 5 heteroatoms. The maximum absolute atomic E-state index is 11.5. The Bertz CT molecular complexity index is 483. The van der Waals surface area contributed by atoms with Gasteiger partial charge in [0.2, 0.25) is 5.91 Å². The van der Waals surface area contributed by atoms with Crippen molar-refractivity contribution in [3.05, 3.63) is 34.9 Å². The van der Waals surface area contributed by atoms with Gasteiger partial charge in [-0.1, -0.05) is 23.8 Å². The molecule has 0 spiro atoms. The number of aryl methyl sites for hydroxylation is 2. The van der Waals surface area contributed by atoms with E-state index in [0.717, 1.165) is 11.1 Å². The summed E-state index contributed by atoms with van der Waals surface area (Å²) in [5.74, 6) is -0.222. The summed E-state index contributed by atoms with van der Waals surface area (Å²) < 4.78 is 0. The smallest absolute Gasteiger partial charge is 0.324 e. The van der Waals surface area contributed by atoms with Gasteiger partial charge in [-0.15, -0.1) is 0 Å². The van der Waals surface area contributed by atoms with Crippen LogP contribution >= 0.6 is 0 Å². The van der Waals surface area contributed by atoms with Gasteiger partial charge in [0, 0.05) is 12.6 Å². The second kappa shape index (κ2) is 4.78. The van der Waals surface area contributed by atoms with Crippen molar-refractivity contribution in [2.24, 2.45) is 5.73 Å². The van der Waals surface area contributed by atoms with Crippen molar-refractivity contribution in [1.82, 2.24) is 10.2 Å². The summed E-state index contributed by atoms with van der Waals surface area (Å²) >= 11 is 0. The second-order valence-electron chi connectivity index (χ2n) is 4.63. The van der Waals surface area contributed by atoms with Crippen LogP contribution in [0.5, 0.6) is 0 Å². The van der Waals surface area contributed by atoms with Crippen molar-refractivity contribution in [2.45, 2.75) is 19.9 Å². The lowest BCUT2D eigenvalue weighted by Gasteiger charge is -2.20. The fourth-order valence-corrected chi connectivity index (χ4v) is 2.18. The van der Waals surface area contributed by atoms with E-state index in [-0.39, 0.29) is 31.1 Å². The number of nitrogens with one attached hydrogen (secondary N) is 1. The van der Waals surface area contributed by atoms with Crippen molar-refractivity contribution in [1.29, 1.82) is 0 Å². The summed E-state index contributed by atoms with van der Waals surface area (Å²) in [6, 6.07) is 5.27. The SMILES string of the molecule is Cc1ccc(C(N)CN2C(=O)CNC2=O)c(C)c1. The van der Waals surface area contributed by atoms with E-state index in [0.29, 0.717) is 0 Å². The van der Waals surface area contributed by atoms with Crippen molar-refractivity contribution in [2.75, 3.05) is 13.1 Å². The summed E-state index contributed by atoms with van der Waals surface area (Å²) in [6.07, 6.45) is 0. The molecule has 0 radical (unpaired) electrons. The monoisotopic (exact) mass is 247 g/mol. The van der Waals surface area contributed by atoms with Crippen LogP contribution < -0.4 is 11.1 Å². The van der Waals surface area contributed by atoms with Gasteiger partial charge in [-0.2, -0.15) is 0 Å². The molecule has 2 rings (SSSR count). The highest BCUT2D eigenvalue weighted by Crippen LogP contribution is 2.18. The molecule has 96 valence electrons. The minimum atomic E-state index is -0.361. The van der Waals surface area contributed by atoms with Gasteiger partial charge >= 0.3 is 6.03 Å². The lowest BCUT2D eigenvalue weighted by atomic mass is 9.99. The maximum atomic E-state index is 11.5. The van der Waals surface area contributed by atoms with Crippen LogP contribution in [0.3, 0.4) is 0 Å². The number of amides is 3. The molecule has 5 nitrogen and oxygen atoms in total. The van der Waals surface area contributed by atoms with E-state index in [2.05, 4.69) is 5.32 Å². The Morgan fingerprint density at radius 2 is 2.11 bits per heavy atom. The molecular weight excluding hydrogens is 230 g/mol. The molecule has 1 fully saturated rings. The Hall–Kier alpha value is -1.88. The fraction of sp³-hybridized carbons (Fsp3) is 0.385. The van der Waals surface area contributed by atoms with Gasteiger partial charge < -0.3 is 11.1 Å². The summed E-state index contributed by atoms with van der Waals surface area (Å²) in [4.78, 5) is 24.1. The van der Waals surface area contributed by atoms with E-state index in [1.807, 2.05) is 32.0 Å². The molecule has 1 aromatic carbocycles. The van der Waals surface area contributed by atoms with E-state index in [4.69, 9.17) is 5.73 Å². The Labute approximate surface area is 106 Å². The molecular formula is C13H17N3O2. The van der Waals surface area contributed by atoms with E-state index in [9.17, 15) is 9.59 Å². The quantitative estimate of drug-likeness (QED) is 0.778. The van der Waals surface area contributed by atoms with Gasteiger partial charge in [-0.3, -0.25) is 9.69 Å². The third kappa shape index (κ3) is 2.36. The molecule has 3 N–H and O–H groups in total. The summed E-state index contributed by atoms with van der Waals surface area (Å²) in [5.41, 5.74) is 9.29. The Kier molecular flexibility index (Phi) is 3.34. The minimum absolute atomic E-state index is 0.0679. The van der Waals surface area contributed by atoms with Crippen LogP contribution in [0.25, 0.3) is 0 Å². The number of urea groups is 1. The number of nitrogens with zero attached hydrogens (tertiary/aromatic N) is 1.